The number of fused-ring (bicyclic) bond motifs is 1. The van der Waals surface area contributed by atoms with Gasteiger partial charge in [0.2, 0.25) is 11.8 Å². The van der Waals surface area contributed by atoms with E-state index < -0.39 is 5.76 Å². The van der Waals surface area contributed by atoms with Gasteiger partial charge in [-0.1, -0.05) is 30.3 Å². The first-order chi connectivity index (χ1) is 13.6. The summed E-state index contributed by atoms with van der Waals surface area (Å²) in [7, 11) is 0. The summed E-state index contributed by atoms with van der Waals surface area (Å²) in [5, 5.41) is 8.52. The van der Waals surface area contributed by atoms with E-state index in [9.17, 15) is 14.4 Å². The van der Waals surface area contributed by atoms with E-state index in [2.05, 4.69) is 15.4 Å². The van der Waals surface area contributed by atoms with Crippen LogP contribution in [0, 0.1) is 0 Å². The number of rotatable bonds is 5. The average Bonchev–Trinajstić information content (AvgIpc) is 3.32. The number of hydrogen-bond acceptors (Lipinski definition) is 5. The lowest BCUT2D eigenvalue weighted by molar-refractivity contribution is -0.132. The second-order valence-corrected chi connectivity index (χ2v) is 6.45. The van der Waals surface area contributed by atoms with Crippen LogP contribution in [0.5, 0.6) is 0 Å². The fourth-order valence-electron chi connectivity index (χ4n) is 3.07. The first-order valence-corrected chi connectivity index (χ1v) is 8.94. The molecule has 0 bridgehead atoms. The Morgan fingerprint density at radius 2 is 1.96 bits per heavy atom. The number of benzene rings is 2. The zero-order valence-corrected chi connectivity index (χ0v) is 15.0. The summed E-state index contributed by atoms with van der Waals surface area (Å²) in [6.07, 6.45) is 0.818. The molecule has 4 rings (SSSR count). The molecule has 1 aliphatic heterocycles. The van der Waals surface area contributed by atoms with Gasteiger partial charge in [0.05, 0.1) is 17.8 Å². The minimum atomic E-state index is -0.551. The molecule has 0 saturated carbocycles. The molecular formula is C20H18N4O4. The van der Waals surface area contributed by atoms with Crippen molar-refractivity contribution in [1.29, 1.82) is 0 Å². The lowest BCUT2D eigenvalue weighted by Crippen LogP contribution is -2.24. The average molecular weight is 378 g/mol. The van der Waals surface area contributed by atoms with Gasteiger partial charge in [-0.25, -0.2) is 9.80 Å². The van der Waals surface area contributed by atoms with Gasteiger partial charge in [-0.05, 0) is 23.8 Å². The van der Waals surface area contributed by atoms with Crippen LogP contribution in [0.2, 0.25) is 0 Å². The number of hydrogen-bond donors (Lipinski definition) is 2. The van der Waals surface area contributed by atoms with E-state index in [0.717, 1.165) is 11.3 Å². The van der Waals surface area contributed by atoms with Crippen LogP contribution in [0.25, 0.3) is 11.1 Å². The van der Waals surface area contributed by atoms with Crippen LogP contribution in [0.3, 0.4) is 0 Å². The SMILES string of the molecule is O=C(CCC(=O)N1CCC(c2ccccc2)=N1)Nc1ccc2oc(=O)[nH]c2c1. The van der Waals surface area contributed by atoms with Crippen molar-refractivity contribution >= 4 is 34.3 Å². The molecule has 2 amide bonds. The fourth-order valence-corrected chi connectivity index (χ4v) is 3.07. The zero-order valence-electron chi connectivity index (χ0n) is 15.0. The molecule has 2 aromatic carbocycles. The van der Waals surface area contributed by atoms with Gasteiger partial charge < -0.3 is 9.73 Å². The predicted molar refractivity (Wildman–Crippen MR) is 104 cm³/mol. The minimum absolute atomic E-state index is 0.0471. The maximum absolute atomic E-state index is 12.3. The van der Waals surface area contributed by atoms with Crippen molar-refractivity contribution in [3.05, 3.63) is 64.6 Å². The van der Waals surface area contributed by atoms with Crippen LogP contribution in [-0.2, 0) is 9.59 Å². The predicted octanol–water partition coefficient (Wildman–Crippen LogP) is 2.48. The topological polar surface area (TPSA) is 108 Å². The number of amides is 2. The van der Waals surface area contributed by atoms with E-state index in [4.69, 9.17) is 4.42 Å². The van der Waals surface area contributed by atoms with Crippen molar-refractivity contribution in [3.63, 3.8) is 0 Å². The number of aromatic nitrogens is 1. The second-order valence-electron chi connectivity index (χ2n) is 6.45. The molecule has 2 N–H and O–H groups in total. The van der Waals surface area contributed by atoms with Gasteiger partial charge in [0.1, 0.15) is 0 Å². The van der Waals surface area contributed by atoms with E-state index in [1.54, 1.807) is 18.2 Å². The molecule has 28 heavy (non-hydrogen) atoms. The number of aromatic amines is 1. The lowest BCUT2D eigenvalue weighted by atomic mass is 10.1. The molecule has 0 saturated heterocycles. The van der Waals surface area contributed by atoms with Gasteiger partial charge in [0, 0.05) is 24.9 Å². The fraction of sp³-hybridized carbons (Fsp3) is 0.200. The van der Waals surface area contributed by atoms with Crippen LogP contribution in [0.15, 0.2) is 62.8 Å². The third kappa shape index (κ3) is 3.85. The number of nitrogens with zero attached hydrogens (tertiary/aromatic N) is 2. The first-order valence-electron chi connectivity index (χ1n) is 8.94. The molecule has 0 radical (unpaired) electrons. The third-order valence-corrected chi connectivity index (χ3v) is 4.47. The van der Waals surface area contributed by atoms with Crippen molar-refractivity contribution in [3.8, 4) is 0 Å². The Morgan fingerprint density at radius 3 is 2.79 bits per heavy atom. The van der Waals surface area contributed by atoms with Crippen LogP contribution < -0.4 is 11.1 Å². The largest absolute Gasteiger partial charge is 0.417 e. The number of carbonyl (C=O) groups excluding carboxylic acids is 2. The number of carbonyl (C=O) groups is 2. The van der Waals surface area contributed by atoms with Crippen LogP contribution in [0.1, 0.15) is 24.8 Å². The smallest absolute Gasteiger partial charge is 0.408 e. The molecule has 2 heterocycles. The Labute approximate surface area is 159 Å². The van der Waals surface area contributed by atoms with Crippen molar-refractivity contribution in [1.82, 2.24) is 9.99 Å². The van der Waals surface area contributed by atoms with E-state index in [1.807, 2.05) is 30.3 Å². The number of oxazole rings is 1. The van der Waals surface area contributed by atoms with E-state index >= 15 is 0 Å². The lowest BCUT2D eigenvalue weighted by Gasteiger charge is -2.11. The Kier molecular flexibility index (Phi) is 4.76. The quantitative estimate of drug-likeness (QED) is 0.711. The first kappa shape index (κ1) is 17.7. The Balaban J connectivity index is 1.32. The highest BCUT2D eigenvalue weighted by Gasteiger charge is 2.21. The normalized spacial score (nSPS) is 13.6. The summed E-state index contributed by atoms with van der Waals surface area (Å²) >= 11 is 0. The molecular weight excluding hydrogens is 360 g/mol. The van der Waals surface area contributed by atoms with Crippen LogP contribution in [0.4, 0.5) is 5.69 Å². The van der Waals surface area contributed by atoms with Crippen molar-refractivity contribution in [2.45, 2.75) is 19.3 Å². The molecule has 0 aliphatic carbocycles. The highest BCUT2D eigenvalue weighted by molar-refractivity contribution is 6.03. The molecule has 0 fully saturated rings. The maximum atomic E-state index is 12.3. The number of H-pyrrole nitrogens is 1. The van der Waals surface area contributed by atoms with Gasteiger partial charge in [-0.15, -0.1) is 0 Å². The zero-order chi connectivity index (χ0) is 19.5. The number of anilines is 1. The summed E-state index contributed by atoms with van der Waals surface area (Å²) in [5.74, 6) is -1.02. The Morgan fingerprint density at radius 1 is 1.14 bits per heavy atom. The molecule has 1 aromatic heterocycles. The number of nitrogens with one attached hydrogen (secondary N) is 2. The highest BCUT2D eigenvalue weighted by Crippen LogP contribution is 2.17. The van der Waals surface area contributed by atoms with Crippen molar-refractivity contribution in [2.75, 3.05) is 11.9 Å². The molecule has 0 unspecified atom stereocenters. The Bertz CT molecular complexity index is 1110. The maximum Gasteiger partial charge on any atom is 0.417 e. The second kappa shape index (κ2) is 7.51. The van der Waals surface area contributed by atoms with E-state index in [1.165, 1.54) is 5.01 Å². The van der Waals surface area contributed by atoms with Gasteiger partial charge >= 0.3 is 5.76 Å². The summed E-state index contributed by atoms with van der Waals surface area (Å²) in [6, 6.07) is 14.6. The summed E-state index contributed by atoms with van der Waals surface area (Å²) < 4.78 is 4.92. The Hall–Kier alpha value is -3.68. The van der Waals surface area contributed by atoms with Gasteiger partial charge in [-0.2, -0.15) is 5.10 Å². The van der Waals surface area contributed by atoms with Crippen LogP contribution in [-0.4, -0.2) is 34.1 Å². The molecule has 142 valence electrons. The highest BCUT2D eigenvalue weighted by atomic mass is 16.4. The number of hydrazone groups is 1. The molecule has 8 nitrogen and oxygen atoms in total. The summed E-state index contributed by atoms with van der Waals surface area (Å²) in [4.78, 5) is 38.2. The molecule has 0 atom stereocenters. The minimum Gasteiger partial charge on any atom is -0.408 e. The van der Waals surface area contributed by atoms with E-state index in [-0.39, 0.29) is 24.7 Å². The van der Waals surface area contributed by atoms with Crippen molar-refractivity contribution in [2.24, 2.45) is 5.10 Å². The molecule has 1 aliphatic rings. The van der Waals surface area contributed by atoms with Gasteiger partial charge in [-0.3, -0.25) is 14.6 Å². The van der Waals surface area contributed by atoms with Gasteiger partial charge in [0.15, 0.2) is 5.58 Å². The third-order valence-electron chi connectivity index (χ3n) is 4.47. The molecule has 0 spiro atoms. The van der Waals surface area contributed by atoms with Crippen LogP contribution >= 0.6 is 0 Å². The van der Waals surface area contributed by atoms with Crippen molar-refractivity contribution < 1.29 is 14.0 Å². The van der Waals surface area contributed by atoms with Gasteiger partial charge in [0.25, 0.3) is 0 Å². The molecule has 3 aromatic rings. The molecule has 8 heteroatoms. The standard InChI is InChI=1S/C20H18N4O4/c25-18(21-14-6-7-17-16(12-14)22-20(27)28-17)8-9-19(26)24-11-10-15(23-24)13-4-2-1-3-5-13/h1-7,12H,8-11H2,(H,21,25)(H,22,27). The summed E-state index contributed by atoms with van der Waals surface area (Å²) in [5.41, 5.74) is 3.31. The van der Waals surface area contributed by atoms with E-state index in [0.29, 0.717) is 29.8 Å². The monoisotopic (exact) mass is 378 g/mol. The summed E-state index contributed by atoms with van der Waals surface area (Å²) in [6.45, 7) is 0.523.